The number of likely N-dealkylation sites (N-methyl/N-ethyl adjacent to an activating group) is 1. The number of esters is 1. The van der Waals surface area contributed by atoms with Crippen LogP contribution in [0.25, 0.3) is 0 Å². The Morgan fingerprint density at radius 3 is 1.11 bits per heavy atom. The quantitative estimate of drug-likeness (QED) is 0.0205. The number of rotatable bonds is 66. The first-order valence-electron chi connectivity index (χ1n) is 36.6. The number of allylic oxidation sites excluding steroid dienone is 15. The van der Waals surface area contributed by atoms with Crippen LogP contribution in [0.3, 0.4) is 0 Å². The summed E-state index contributed by atoms with van der Waals surface area (Å²) in [6.45, 7) is 6.92. The molecule has 0 aliphatic carbocycles. The largest absolute Gasteiger partial charge is 0.472 e. The Hall–Kier alpha value is -3.07. The van der Waals surface area contributed by atoms with Crippen molar-refractivity contribution in [2.24, 2.45) is 0 Å². The van der Waals surface area contributed by atoms with E-state index in [0.717, 1.165) is 109 Å². The van der Waals surface area contributed by atoms with Crippen LogP contribution in [0.2, 0.25) is 0 Å². The van der Waals surface area contributed by atoms with Gasteiger partial charge in [0.2, 0.25) is 5.91 Å². The minimum atomic E-state index is -4.46. The van der Waals surface area contributed by atoms with Crippen LogP contribution in [0.4, 0.5) is 0 Å². The second-order valence-electron chi connectivity index (χ2n) is 25.7. The third kappa shape index (κ3) is 67.2. The van der Waals surface area contributed by atoms with Gasteiger partial charge in [0.1, 0.15) is 19.3 Å². The molecule has 0 saturated carbocycles. The van der Waals surface area contributed by atoms with Crippen LogP contribution < -0.4 is 5.32 Å². The van der Waals surface area contributed by atoms with Crippen LogP contribution >= 0.6 is 7.82 Å². The van der Waals surface area contributed by atoms with E-state index in [2.05, 4.69) is 111 Å². The third-order valence-corrected chi connectivity index (χ3v) is 17.0. The Morgan fingerprint density at radius 2 is 0.736 bits per heavy atom. The van der Waals surface area contributed by atoms with Crippen molar-refractivity contribution in [1.82, 2.24) is 5.32 Å². The topological polar surface area (TPSA) is 111 Å². The highest BCUT2D eigenvalue weighted by Gasteiger charge is 2.30. The van der Waals surface area contributed by atoms with Crippen LogP contribution in [0.15, 0.2) is 97.2 Å². The van der Waals surface area contributed by atoms with E-state index in [0.29, 0.717) is 17.4 Å². The number of hydrogen-bond donors (Lipinski definition) is 2. The van der Waals surface area contributed by atoms with Gasteiger partial charge in [-0.2, -0.15) is 0 Å². The molecule has 0 fully saturated rings. The Morgan fingerprint density at radius 1 is 0.414 bits per heavy atom. The fraction of sp³-hybridized carbons (Fsp3) is 0.766. The molecule has 3 atom stereocenters. The zero-order valence-corrected chi connectivity index (χ0v) is 58.6. The van der Waals surface area contributed by atoms with Crippen molar-refractivity contribution in [3.05, 3.63) is 97.2 Å². The molecule has 1 amide bonds. The lowest BCUT2D eigenvalue weighted by atomic mass is 10.0. The average molecular weight is 1240 g/mol. The number of amides is 1. The molecule has 0 rings (SSSR count). The predicted octanol–water partition coefficient (Wildman–Crippen LogP) is 23.5. The van der Waals surface area contributed by atoms with Gasteiger partial charge < -0.3 is 19.4 Å². The normalized spacial score (nSPS) is 14.1. The number of carbonyl (C=O) groups is 2. The summed E-state index contributed by atoms with van der Waals surface area (Å²) in [5.74, 6) is -0.509. The van der Waals surface area contributed by atoms with Gasteiger partial charge in [-0.05, 0) is 109 Å². The third-order valence-electron chi connectivity index (χ3n) is 16.0. The zero-order valence-electron chi connectivity index (χ0n) is 57.7. The molecule has 0 aromatic heterocycles. The summed E-state index contributed by atoms with van der Waals surface area (Å²) in [5, 5.41) is 3.07. The van der Waals surface area contributed by atoms with E-state index in [9.17, 15) is 19.0 Å². The van der Waals surface area contributed by atoms with Gasteiger partial charge >= 0.3 is 13.8 Å². The number of carbonyl (C=O) groups excluding carboxylic acids is 2. The number of quaternary nitrogens is 1. The van der Waals surface area contributed by atoms with Crippen molar-refractivity contribution in [1.29, 1.82) is 0 Å². The molecule has 3 unspecified atom stereocenters. The van der Waals surface area contributed by atoms with Gasteiger partial charge in [-0.15, -0.1) is 0 Å². The maximum Gasteiger partial charge on any atom is 0.472 e. The second-order valence-corrected chi connectivity index (χ2v) is 27.2. The van der Waals surface area contributed by atoms with Gasteiger partial charge in [0, 0.05) is 12.8 Å². The molecule has 0 aromatic carbocycles. The second kappa shape index (κ2) is 65.9. The van der Waals surface area contributed by atoms with E-state index in [4.69, 9.17) is 13.8 Å². The molecular formula is C77H140N2O7P+. The lowest BCUT2D eigenvalue weighted by Gasteiger charge is -2.27. The number of hydrogen-bond acceptors (Lipinski definition) is 6. The molecule has 504 valence electrons. The fourth-order valence-corrected chi connectivity index (χ4v) is 11.1. The van der Waals surface area contributed by atoms with Gasteiger partial charge in [0.15, 0.2) is 0 Å². The molecule has 87 heavy (non-hydrogen) atoms. The highest BCUT2D eigenvalue weighted by atomic mass is 31.2. The van der Waals surface area contributed by atoms with Crippen molar-refractivity contribution in [3.63, 3.8) is 0 Å². The zero-order chi connectivity index (χ0) is 63.5. The van der Waals surface area contributed by atoms with Crippen molar-refractivity contribution < 1.29 is 37.3 Å². The molecule has 0 aliphatic rings. The Bertz CT molecular complexity index is 1810. The number of phosphoric ester groups is 1. The van der Waals surface area contributed by atoms with E-state index < -0.39 is 20.0 Å². The number of nitrogens with one attached hydrogen (secondary N) is 1. The van der Waals surface area contributed by atoms with Gasteiger partial charge in [-0.3, -0.25) is 18.6 Å². The standard InChI is InChI=1S/C77H139N2O7P/c1-7-10-13-16-19-22-25-28-30-32-34-36-37-38-39-40-41-43-45-47-49-52-55-58-61-64-67-70-77(81)86-75(68-65-62-59-56-53-50-27-24-21-18-15-12-9-3)74(73-85-87(82,83)84-72-71-79(4,5)6)78-76(80)69-66-63-60-57-54-51-48-46-44-42-35-33-31-29-26-23-20-17-14-11-8-2/h10,13,19,22,28-31,34,36,38-39,41,43,65,68,74-75H,7-9,11-12,14-18,20-21,23-27,32-33,35,37,40,42,44-64,66-67,69-73H2,1-6H3,(H-,78,80,82,83)/p+1/b13-10-,22-19-,30-28-,31-29+,36-34-,39-38-,43-41-,68-65-. The smallest absolute Gasteiger partial charge is 0.456 e. The van der Waals surface area contributed by atoms with Crippen molar-refractivity contribution in [3.8, 4) is 0 Å². The highest BCUT2D eigenvalue weighted by molar-refractivity contribution is 7.47. The van der Waals surface area contributed by atoms with Crippen molar-refractivity contribution in [2.45, 2.75) is 341 Å². The lowest BCUT2D eigenvalue weighted by molar-refractivity contribution is -0.870. The Balaban J connectivity index is 5.10. The van der Waals surface area contributed by atoms with E-state index in [1.54, 1.807) is 0 Å². The lowest BCUT2D eigenvalue weighted by Crippen LogP contribution is -2.47. The maximum absolute atomic E-state index is 13.6. The molecule has 0 heterocycles. The highest BCUT2D eigenvalue weighted by Crippen LogP contribution is 2.43. The minimum Gasteiger partial charge on any atom is -0.456 e. The van der Waals surface area contributed by atoms with Gasteiger partial charge in [0.25, 0.3) is 0 Å². The van der Waals surface area contributed by atoms with Gasteiger partial charge in [-0.1, -0.05) is 305 Å². The van der Waals surface area contributed by atoms with E-state index in [1.807, 2.05) is 33.3 Å². The summed E-state index contributed by atoms with van der Waals surface area (Å²) < 4.78 is 30.9. The number of unbranched alkanes of at least 4 members (excludes halogenated alkanes) is 36. The monoisotopic (exact) mass is 1240 g/mol. The van der Waals surface area contributed by atoms with E-state index in [-0.39, 0.29) is 31.5 Å². The molecule has 0 aliphatic heterocycles. The Labute approximate surface area is 538 Å². The summed E-state index contributed by atoms with van der Waals surface area (Å²) in [6, 6.07) is -0.858. The van der Waals surface area contributed by atoms with Crippen LogP contribution in [-0.2, 0) is 27.9 Å². The Kier molecular flexibility index (Phi) is 63.5. The average Bonchev–Trinajstić information content (AvgIpc) is 3.70. The van der Waals surface area contributed by atoms with E-state index >= 15 is 0 Å². The van der Waals surface area contributed by atoms with Gasteiger partial charge in [-0.25, -0.2) is 4.57 Å². The molecule has 0 aromatic rings. The van der Waals surface area contributed by atoms with Crippen LogP contribution in [0, 0.1) is 0 Å². The number of ether oxygens (including phenoxy) is 1. The summed E-state index contributed by atoms with van der Waals surface area (Å²) in [5.41, 5.74) is 0. The fourth-order valence-electron chi connectivity index (χ4n) is 10.4. The summed E-state index contributed by atoms with van der Waals surface area (Å²) in [6.07, 6.45) is 89.9. The van der Waals surface area contributed by atoms with E-state index in [1.165, 1.54) is 186 Å². The molecule has 10 heteroatoms. The molecule has 9 nitrogen and oxygen atoms in total. The first kappa shape index (κ1) is 83.9. The molecule has 0 radical (unpaired) electrons. The van der Waals surface area contributed by atoms with Crippen LogP contribution in [0.5, 0.6) is 0 Å². The minimum absolute atomic E-state index is 0.0358. The predicted molar refractivity (Wildman–Crippen MR) is 378 cm³/mol. The summed E-state index contributed by atoms with van der Waals surface area (Å²) in [7, 11) is 1.49. The summed E-state index contributed by atoms with van der Waals surface area (Å²) in [4.78, 5) is 38.0. The SMILES string of the molecule is CC/C=C\C/C=C\C/C=C\C/C=C\C/C=C\C/C=C\CCCCCCCCCCC(=O)OC(/C=C\CCCCCCCCCCCCC)C(COP(=O)(O)OCC[N+](C)(C)C)NC(=O)CCCCCCCCCCCCC/C=C/CCCCCCCC. The first-order chi connectivity index (χ1) is 42.4. The number of phosphoric acid groups is 1. The van der Waals surface area contributed by atoms with Crippen molar-refractivity contribution >= 4 is 19.7 Å². The van der Waals surface area contributed by atoms with Crippen LogP contribution in [0.1, 0.15) is 329 Å². The number of nitrogens with zero attached hydrogens (tertiary/aromatic N) is 1. The molecule has 0 spiro atoms. The molecule has 0 bridgehead atoms. The molecule has 2 N–H and O–H groups in total. The van der Waals surface area contributed by atoms with Crippen LogP contribution in [-0.4, -0.2) is 74.3 Å². The van der Waals surface area contributed by atoms with Crippen molar-refractivity contribution in [2.75, 3.05) is 40.9 Å². The molecular weight excluding hydrogens is 1100 g/mol. The summed E-state index contributed by atoms with van der Waals surface area (Å²) >= 11 is 0. The first-order valence-corrected chi connectivity index (χ1v) is 38.1. The maximum atomic E-state index is 13.6. The molecule has 0 saturated heterocycles. The van der Waals surface area contributed by atoms with Gasteiger partial charge in [0.05, 0.1) is 33.8 Å².